The lowest BCUT2D eigenvalue weighted by atomic mass is 10.0. The van der Waals surface area contributed by atoms with Gasteiger partial charge in [-0.1, -0.05) is 162 Å². The highest BCUT2D eigenvalue weighted by Crippen LogP contribution is 2.19. The van der Waals surface area contributed by atoms with Gasteiger partial charge >= 0.3 is 11.9 Å². The Morgan fingerprint density at radius 1 is 0.415 bits per heavy atom. The van der Waals surface area contributed by atoms with E-state index in [1.54, 1.807) is 6.92 Å². The van der Waals surface area contributed by atoms with Crippen molar-refractivity contribution in [2.45, 2.75) is 259 Å². The van der Waals surface area contributed by atoms with Crippen LogP contribution in [0.15, 0.2) is 0 Å². The summed E-state index contributed by atoms with van der Waals surface area (Å²) in [5.74, 6) is 0.265. The van der Waals surface area contributed by atoms with E-state index < -0.39 is 0 Å². The SMILES string of the molecule is CCCCCCCCCOC(=O)CCCCCCCN(CCCCCCCC(=O)OC(CCCCCCCC)CCCCCCCC)CCCC(C)=O. The summed E-state index contributed by atoms with van der Waals surface area (Å²) in [6.07, 6.45) is 40.0. The Kier molecular flexibility index (Phi) is 40.6. The van der Waals surface area contributed by atoms with E-state index in [2.05, 4.69) is 25.7 Å². The molecule has 0 aliphatic rings. The Morgan fingerprint density at radius 3 is 1.26 bits per heavy atom. The summed E-state index contributed by atoms with van der Waals surface area (Å²) in [6.45, 7) is 12.2. The standard InChI is InChI=1S/C47H91NO5/c1-5-8-11-14-17-26-33-43-52-46(50)38-29-22-18-24-31-40-48(42-34-35-44(4)49)41-32-25-19-23-30-39-47(51)53-45(36-27-20-15-12-9-6-2)37-28-21-16-13-10-7-3/h45H,5-43H2,1-4H3. The third-order valence-corrected chi connectivity index (χ3v) is 10.8. The molecule has 6 heteroatoms. The van der Waals surface area contributed by atoms with Crippen LogP contribution in [0.5, 0.6) is 0 Å². The number of esters is 2. The number of hydrogen-bond acceptors (Lipinski definition) is 6. The van der Waals surface area contributed by atoms with Gasteiger partial charge in [0.25, 0.3) is 0 Å². The Hall–Kier alpha value is -1.43. The zero-order valence-corrected chi connectivity index (χ0v) is 36.1. The molecule has 0 saturated carbocycles. The van der Waals surface area contributed by atoms with Crippen LogP contribution in [0.3, 0.4) is 0 Å². The number of nitrogens with zero attached hydrogens (tertiary/aromatic N) is 1. The van der Waals surface area contributed by atoms with Crippen LogP contribution < -0.4 is 0 Å². The van der Waals surface area contributed by atoms with E-state index in [1.807, 2.05) is 0 Å². The molecule has 0 aliphatic heterocycles. The monoisotopic (exact) mass is 750 g/mol. The first-order valence-corrected chi connectivity index (χ1v) is 23.5. The van der Waals surface area contributed by atoms with Crippen LogP contribution in [0.2, 0.25) is 0 Å². The average Bonchev–Trinajstić information content (AvgIpc) is 3.14. The van der Waals surface area contributed by atoms with Crippen LogP contribution in [-0.2, 0) is 23.9 Å². The highest BCUT2D eigenvalue weighted by Gasteiger charge is 2.14. The van der Waals surface area contributed by atoms with Crippen molar-refractivity contribution in [1.29, 1.82) is 0 Å². The van der Waals surface area contributed by atoms with E-state index in [9.17, 15) is 14.4 Å². The van der Waals surface area contributed by atoms with Gasteiger partial charge in [-0.2, -0.15) is 0 Å². The minimum absolute atomic E-state index is 0.0161. The van der Waals surface area contributed by atoms with Crippen LogP contribution in [0.1, 0.15) is 252 Å². The van der Waals surface area contributed by atoms with Gasteiger partial charge in [0.15, 0.2) is 0 Å². The molecule has 0 aromatic rings. The first-order chi connectivity index (χ1) is 25.9. The van der Waals surface area contributed by atoms with Crippen LogP contribution >= 0.6 is 0 Å². The van der Waals surface area contributed by atoms with Gasteiger partial charge in [0, 0.05) is 19.3 Å². The fraction of sp³-hybridized carbons (Fsp3) is 0.936. The summed E-state index contributed by atoms with van der Waals surface area (Å²) in [5.41, 5.74) is 0. The summed E-state index contributed by atoms with van der Waals surface area (Å²) in [6, 6.07) is 0. The zero-order chi connectivity index (χ0) is 38.9. The van der Waals surface area contributed by atoms with Gasteiger partial charge in [-0.15, -0.1) is 0 Å². The smallest absolute Gasteiger partial charge is 0.306 e. The molecule has 0 rings (SSSR count). The third-order valence-electron chi connectivity index (χ3n) is 10.8. The zero-order valence-electron chi connectivity index (χ0n) is 36.1. The molecule has 6 nitrogen and oxygen atoms in total. The fourth-order valence-electron chi connectivity index (χ4n) is 7.29. The number of hydrogen-bond donors (Lipinski definition) is 0. The Balaban J connectivity index is 4.17. The molecule has 0 unspecified atom stereocenters. The second-order valence-corrected chi connectivity index (χ2v) is 16.2. The van der Waals surface area contributed by atoms with E-state index in [0.29, 0.717) is 25.9 Å². The van der Waals surface area contributed by atoms with E-state index in [0.717, 1.165) is 83.8 Å². The maximum absolute atomic E-state index is 12.8. The molecule has 0 heterocycles. The minimum atomic E-state index is -0.0289. The molecule has 0 aromatic heterocycles. The summed E-state index contributed by atoms with van der Waals surface area (Å²) in [5, 5.41) is 0. The lowest BCUT2D eigenvalue weighted by molar-refractivity contribution is -0.150. The van der Waals surface area contributed by atoms with Crippen molar-refractivity contribution < 1.29 is 23.9 Å². The topological polar surface area (TPSA) is 72.9 Å². The van der Waals surface area contributed by atoms with Crippen molar-refractivity contribution in [1.82, 2.24) is 4.90 Å². The molecular formula is C47H91NO5. The summed E-state index contributed by atoms with van der Waals surface area (Å²) < 4.78 is 11.5. The van der Waals surface area contributed by atoms with Gasteiger partial charge in [0.1, 0.15) is 11.9 Å². The lowest BCUT2D eigenvalue weighted by Crippen LogP contribution is -2.27. The quantitative estimate of drug-likeness (QED) is 0.0456. The molecule has 0 amide bonds. The Labute approximate surface area is 330 Å². The largest absolute Gasteiger partial charge is 0.466 e. The second-order valence-electron chi connectivity index (χ2n) is 16.2. The highest BCUT2D eigenvalue weighted by atomic mass is 16.5. The van der Waals surface area contributed by atoms with Crippen molar-refractivity contribution in [3.8, 4) is 0 Å². The summed E-state index contributed by atoms with van der Waals surface area (Å²) in [4.78, 5) is 38.9. The summed E-state index contributed by atoms with van der Waals surface area (Å²) in [7, 11) is 0. The second kappa shape index (κ2) is 41.7. The number of carbonyl (C=O) groups excluding carboxylic acids is 3. The van der Waals surface area contributed by atoms with Gasteiger partial charge in [0.2, 0.25) is 0 Å². The van der Waals surface area contributed by atoms with Crippen molar-refractivity contribution in [2.24, 2.45) is 0 Å². The third kappa shape index (κ3) is 40.1. The molecule has 0 radical (unpaired) electrons. The molecular weight excluding hydrogens is 659 g/mol. The van der Waals surface area contributed by atoms with E-state index in [1.165, 1.54) is 141 Å². The number of carbonyl (C=O) groups is 3. The fourth-order valence-corrected chi connectivity index (χ4v) is 7.29. The van der Waals surface area contributed by atoms with Crippen molar-refractivity contribution in [3.63, 3.8) is 0 Å². The molecule has 53 heavy (non-hydrogen) atoms. The van der Waals surface area contributed by atoms with Gasteiger partial charge in [-0.25, -0.2) is 0 Å². The molecule has 0 aliphatic carbocycles. The van der Waals surface area contributed by atoms with Crippen molar-refractivity contribution in [3.05, 3.63) is 0 Å². The number of rotatable bonds is 43. The lowest BCUT2D eigenvalue weighted by Gasteiger charge is -2.22. The normalized spacial score (nSPS) is 11.5. The molecule has 0 saturated heterocycles. The number of ether oxygens (including phenoxy) is 2. The molecule has 0 N–H and O–H groups in total. The van der Waals surface area contributed by atoms with Crippen molar-refractivity contribution >= 4 is 17.7 Å². The van der Waals surface area contributed by atoms with Gasteiger partial charge < -0.3 is 19.2 Å². The maximum atomic E-state index is 12.8. The van der Waals surface area contributed by atoms with E-state index >= 15 is 0 Å². The maximum Gasteiger partial charge on any atom is 0.306 e. The van der Waals surface area contributed by atoms with Gasteiger partial charge in [-0.05, 0) is 90.8 Å². The Bertz CT molecular complexity index is 786. The number of unbranched alkanes of at least 4 members (excludes halogenated alkanes) is 24. The molecule has 0 fully saturated rings. The van der Waals surface area contributed by atoms with Crippen LogP contribution in [0.25, 0.3) is 0 Å². The van der Waals surface area contributed by atoms with Crippen LogP contribution in [0.4, 0.5) is 0 Å². The predicted octanol–water partition coefficient (Wildman–Crippen LogP) is 14.0. The predicted molar refractivity (Wildman–Crippen MR) is 227 cm³/mol. The number of Topliss-reactive ketones (excluding diaryl/α,β-unsaturated/α-hetero) is 1. The minimum Gasteiger partial charge on any atom is -0.466 e. The van der Waals surface area contributed by atoms with Crippen LogP contribution in [-0.4, -0.2) is 55.0 Å². The molecule has 0 aromatic carbocycles. The Morgan fingerprint density at radius 2 is 0.792 bits per heavy atom. The van der Waals surface area contributed by atoms with E-state index in [4.69, 9.17) is 9.47 Å². The summed E-state index contributed by atoms with van der Waals surface area (Å²) >= 11 is 0. The van der Waals surface area contributed by atoms with Gasteiger partial charge in [0.05, 0.1) is 6.61 Å². The highest BCUT2D eigenvalue weighted by molar-refractivity contribution is 5.75. The van der Waals surface area contributed by atoms with Gasteiger partial charge in [-0.3, -0.25) is 9.59 Å². The van der Waals surface area contributed by atoms with E-state index in [-0.39, 0.29) is 23.8 Å². The molecule has 0 spiro atoms. The average molecular weight is 750 g/mol. The molecule has 0 bridgehead atoms. The molecule has 314 valence electrons. The first-order valence-electron chi connectivity index (χ1n) is 23.5. The molecule has 0 atom stereocenters. The first kappa shape index (κ1) is 51.6. The van der Waals surface area contributed by atoms with Crippen molar-refractivity contribution in [2.75, 3.05) is 26.2 Å². The van der Waals surface area contributed by atoms with Crippen LogP contribution in [0, 0.1) is 0 Å². The number of ketones is 1.